The predicted octanol–water partition coefficient (Wildman–Crippen LogP) is 1.56. The third kappa shape index (κ3) is 2.90. The third-order valence-electron chi connectivity index (χ3n) is 2.99. The summed E-state index contributed by atoms with van der Waals surface area (Å²) >= 11 is 0. The van der Waals surface area contributed by atoms with Gasteiger partial charge in [0.15, 0.2) is 0 Å². The number of hydrogen-bond donors (Lipinski definition) is 3. The van der Waals surface area contributed by atoms with E-state index in [2.05, 4.69) is 10.6 Å². The quantitative estimate of drug-likeness (QED) is 0.788. The van der Waals surface area contributed by atoms with Gasteiger partial charge in [-0.25, -0.2) is 4.79 Å². The maximum absolute atomic E-state index is 12.6. The molecular formula is C12H11F3N2O3. The highest BCUT2D eigenvalue weighted by Gasteiger charge is 2.32. The third-order valence-corrected chi connectivity index (χ3v) is 2.99. The minimum Gasteiger partial charge on any atom is -0.478 e. The van der Waals surface area contributed by atoms with Gasteiger partial charge in [0.05, 0.1) is 22.7 Å². The van der Waals surface area contributed by atoms with Gasteiger partial charge in [-0.1, -0.05) is 0 Å². The van der Waals surface area contributed by atoms with Gasteiger partial charge >= 0.3 is 12.1 Å². The summed E-state index contributed by atoms with van der Waals surface area (Å²) in [5.41, 5.74) is -1.73. The van der Waals surface area contributed by atoms with Crippen molar-refractivity contribution in [3.05, 3.63) is 29.3 Å². The summed E-state index contributed by atoms with van der Waals surface area (Å²) in [6, 6.07) is 2.14. The Labute approximate surface area is 111 Å². The van der Waals surface area contributed by atoms with Gasteiger partial charge in [-0.2, -0.15) is 13.2 Å². The number of halogens is 3. The Morgan fingerprint density at radius 1 is 1.30 bits per heavy atom. The van der Waals surface area contributed by atoms with Crippen LogP contribution >= 0.6 is 0 Å². The number of anilines is 1. The minimum absolute atomic E-state index is 0.343. The van der Waals surface area contributed by atoms with E-state index in [-0.39, 0.29) is 17.2 Å². The fourth-order valence-electron chi connectivity index (χ4n) is 1.72. The van der Waals surface area contributed by atoms with Crippen LogP contribution in [0.2, 0.25) is 0 Å². The van der Waals surface area contributed by atoms with Crippen LogP contribution in [0.25, 0.3) is 0 Å². The molecule has 0 radical (unpaired) electrons. The van der Waals surface area contributed by atoms with Gasteiger partial charge < -0.3 is 15.7 Å². The normalized spacial score (nSPS) is 15.6. The van der Waals surface area contributed by atoms with Crippen molar-refractivity contribution in [2.45, 2.75) is 6.18 Å². The van der Waals surface area contributed by atoms with Gasteiger partial charge in [-0.3, -0.25) is 4.79 Å². The molecule has 108 valence electrons. The van der Waals surface area contributed by atoms with Crippen LogP contribution in [0.1, 0.15) is 15.9 Å². The van der Waals surface area contributed by atoms with Gasteiger partial charge in [-0.05, 0) is 18.2 Å². The van der Waals surface area contributed by atoms with Crippen LogP contribution in [0.4, 0.5) is 18.9 Å². The number of alkyl halides is 3. The summed E-state index contributed by atoms with van der Waals surface area (Å²) < 4.78 is 37.8. The molecule has 1 saturated heterocycles. The average molecular weight is 288 g/mol. The van der Waals surface area contributed by atoms with Crippen LogP contribution in [0.5, 0.6) is 0 Å². The highest BCUT2D eigenvalue weighted by Crippen LogP contribution is 2.32. The van der Waals surface area contributed by atoms with E-state index in [9.17, 15) is 22.8 Å². The molecule has 0 spiro atoms. The lowest BCUT2D eigenvalue weighted by molar-refractivity contribution is -0.137. The Kier molecular flexibility index (Phi) is 3.67. The molecule has 1 amide bonds. The monoisotopic (exact) mass is 288 g/mol. The zero-order chi connectivity index (χ0) is 14.9. The molecule has 3 N–H and O–H groups in total. The molecule has 0 unspecified atom stereocenters. The van der Waals surface area contributed by atoms with E-state index in [0.29, 0.717) is 25.2 Å². The van der Waals surface area contributed by atoms with Gasteiger partial charge in [0.2, 0.25) is 5.91 Å². The fourth-order valence-corrected chi connectivity index (χ4v) is 1.72. The molecule has 0 atom stereocenters. The van der Waals surface area contributed by atoms with Crippen molar-refractivity contribution in [3.8, 4) is 0 Å². The van der Waals surface area contributed by atoms with Crippen LogP contribution in [0, 0.1) is 5.92 Å². The lowest BCUT2D eigenvalue weighted by Gasteiger charge is -2.26. The number of carbonyl (C=O) groups excluding carboxylic acids is 1. The number of carbonyl (C=O) groups is 2. The van der Waals surface area contributed by atoms with Gasteiger partial charge in [0.1, 0.15) is 0 Å². The molecular weight excluding hydrogens is 277 g/mol. The Hall–Kier alpha value is -2.09. The van der Waals surface area contributed by atoms with Crippen molar-refractivity contribution in [2.75, 3.05) is 18.4 Å². The highest BCUT2D eigenvalue weighted by atomic mass is 19.4. The smallest absolute Gasteiger partial charge is 0.416 e. The zero-order valence-electron chi connectivity index (χ0n) is 10.1. The van der Waals surface area contributed by atoms with Crippen LogP contribution in [0.15, 0.2) is 18.2 Å². The van der Waals surface area contributed by atoms with Crippen LogP contribution < -0.4 is 10.6 Å². The molecule has 1 aliphatic rings. The molecule has 8 heteroatoms. The Morgan fingerprint density at radius 3 is 2.40 bits per heavy atom. The summed E-state index contributed by atoms with van der Waals surface area (Å²) in [7, 11) is 0. The van der Waals surface area contributed by atoms with Crippen molar-refractivity contribution in [1.82, 2.24) is 5.32 Å². The van der Waals surface area contributed by atoms with Crippen LogP contribution in [0.3, 0.4) is 0 Å². The molecule has 1 aliphatic heterocycles. The van der Waals surface area contributed by atoms with E-state index in [1.54, 1.807) is 0 Å². The van der Waals surface area contributed by atoms with E-state index >= 15 is 0 Å². The van der Waals surface area contributed by atoms with E-state index in [1.807, 2.05) is 0 Å². The molecule has 0 bridgehead atoms. The Morgan fingerprint density at radius 2 is 1.95 bits per heavy atom. The summed E-state index contributed by atoms with van der Waals surface area (Å²) in [4.78, 5) is 22.7. The van der Waals surface area contributed by atoms with Crippen molar-refractivity contribution >= 4 is 17.6 Å². The second-order valence-corrected chi connectivity index (χ2v) is 4.41. The first-order valence-electron chi connectivity index (χ1n) is 5.75. The van der Waals surface area contributed by atoms with Crippen molar-refractivity contribution in [1.29, 1.82) is 0 Å². The van der Waals surface area contributed by atoms with Crippen LogP contribution in [-0.4, -0.2) is 30.1 Å². The molecule has 0 aliphatic carbocycles. The zero-order valence-corrected chi connectivity index (χ0v) is 10.1. The number of rotatable bonds is 3. The molecule has 5 nitrogen and oxygen atoms in total. The molecule has 1 aromatic rings. The molecule has 0 aromatic heterocycles. The van der Waals surface area contributed by atoms with Crippen LogP contribution in [-0.2, 0) is 11.0 Å². The minimum atomic E-state index is -4.60. The molecule has 1 aromatic carbocycles. The number of hydrogen-bond acceptors (Lipinski definition) is 3. The number of carboxylic acids is 1. The largest absolute Gasteiger partial charge is 0.478 e. The first-order valence-corrected chi connectivity index (χ1v) is 5.75. The number of carboxylic acid groups (broad SMARTS) is 1. The standard InChI is InChI=1S/C12H11F3N2O3/c13-12(14,15)7-1-2-8(11(19)20)9(3-7)17-10(18)6-4-16-5-6/h1-3,6,16H,4-5H2,(H,17,18)(H,19,20). The first kappa shape index (κ1) is 14.3. The summed E-state index contributed by atoms with van der Waals surface area (Å²) in [6.45, 7) is 0.848. The SMILES string of the molecule is O=C(O)c1ccc(C(F)(F)F)cc1NC(=O)C1CNC1. The Bertz CT molecular complexity index is 553. The lowest BCUT2D eigenvalue weighted by atomic mass is 10.0. The molecule has 2 rings (SSSR count). The molecule has 1 heterocycles. The first-order chi connectivity index (χ1) is 9.29. The van der Waals surface area contributed by atoms with E-state index in [0.717, 1.165) is 6.07 Å². The lowest BCUT2D eigenvalue weighted by Crippen LogP contribution is -2.48. The van der Waals surface area contributed by atoms with Gasteiger partial charge in [0, 0.05) is 13.1 Å². The number of benzene rings is 1. The van der Waals surface area contributed by atoms with Crippen molar-refractivity contribution < 1.29 is 27.9 Å². The van der Waals surface area contributed by atoms with Crippen molar-refractivity contribution in [2.24, 2.45) is 5.92 Å². The second kappa shape index (κ2) is 5.12. The van der Waals surface area contributed by atoms with E-state index in [1.165, 1.54) is 0 Å². The Balaban J connectivity index is 2.31. The average Bonchev–Trinajstić information content (AvgIpc) is 2.24. The topological polar surface area (TPSA) is 78.4 Å². The number of nitrogens with one attached hydrogen (secondary N) is 2. The second-order valence-electron chi connectivity index (χ2n) is 4.41. The van der Waals surface area contributed by atoms with Crippen molar-refractivity contribution in [3.63, 3.8) is 0 Å². The molecule has 20 heavy (non-hydrogen) atoms. The molecule has 0 saturated carbocycles. The number of amides is 1. The molecule has 1 fully saturated rings. The fraction of sp³-hybridized carbons (Fsp3) is 0.333. The summed E-state index contributed by atoms with van der Waals surface area (Å²) in [5.74, 6) is -2.25. The van der Waals surface area contributed by atoms with Gasteiger partial charge in [-0.15, -0.1) is 0 Å². The maximum atomic E-state index is 12.6. The predicted molar refractivity (Wildman–Crippen MR) is 63.4 cm³/mol. The van der Waals surface area contributed by atoms with E-state index in [4.69, 9.17) is 5.11 Å². The summed E-state index contributed by atoms with van der Waals surface area (Å²) in [6.07, 6.45) is -4.60. The van der Waals surface area contributed by atoms with E-state index < -0.39 is 23.6 Å². The van der Waals surface area contributed by atoms with Gasteiger partial charge in [0.25, 0.3) is 0 Å². The maximum Gasteiger partial charge on any atom is 0.416 e. The summed E-state index contributed by atoms with van der Waals surface area (Å²) in [5, 5.41) is 14.0. The number of aromatic carboxylic acids is 1. The highest BCUT2D eigenvalue weighted by molar-refractivity contribution is 6.01.